The molecule has 5 N–H and O–H groups in total. The molecule has 0 bridgehead atoms. The van der Waals surface area contributed by atoms with Crippen LogP contribution < -0.4 is 10.2 Å². The summed E-state index contributed by atoms with van der Waals surface area (Å²) in [6, 6.07) is 42.2. The molecule has 7 aromatic rings. The van der Waals surface area contributed by atoms with E-state index in [1.165, 1.54) is 61.0 Å². The van der Waals surface area contributed by atoms with Gasteiger partial charge in [-0.1, -0.05) is 121 Å². The van der Waals surface area contributed by atoms with Gasteiger partial charge in [-0.2, -0.15) is 18.3 Å². The maximum atomic E-state index is 13.2. The third kappa shape index (κ3) is 14.3. The Hall–Kier alpha value is -8.47. The molecule has 14 nitrogen and oxygen atoms in total. The SMILES string of the molecule is CNC(/C=C(\[NH-])c1ccc(N(c2ccc(-c3ccccc3)cc2)c2ccc(-c3ccccc3)cc2)cn1)C(F)(F)F.O=C(O)C1=CC(c2cc(C(=O)O)ccn2)[N-]C(c2cc(C(=O)O)ccn2)=C1.[N-]=C=S.[Ru+3]. The number of isothiocyanates is 1. The van der Waals surface area contributed by atoms with Gasteiger partial charge >= 0.3 is 43.6 Å². The standard InChI is InChI=1S/C34H28F3N4.C18H12N3O6.CNS.Ru/c1-39-33(34(35,36)37)22-31(38)32-21-20-30(23-40-32)41(28-16-12-26(13-17-28)24-8-4-2-5-9-24)29-18-14-27(15-19-29)25-10-6-3-7-11-25;22-16(23)9-1-3-19-12(5-9)14-7-11(18(26)27)8-15(21-14)13-6-10(17(24)25)2-4-20-13;2-1-3;/h2-23,33,38-39H,1H3;1-8,14H,(H,22,23)(H,24,25)(H,26,27);;/q3*-1;+3/b31-22-;;;. The van der Waals surface area contributed by atoms with E-state index < -0.39 is 36.2 Å². The fourth-order valence-corrected chi connectivity index (χ4v) is 7.05. The number of hydrogen-bond donors (Lipinski definition) is 4. The summed E-state index contributed by atoms with van der Waals surface area (Å²) in [6.45, 7) is 0. The first kappa shape index (κ1) is 54.5. The van der Waals surface area contributed by atoms with Gasteiger partial charge in [-0.05, 0) is 90.0 Å². The first-order valence-corrected chi connectivity index (χ1v) is 21.5. The van der Waals surface area contributed by atoms with Crippen LogP contribution >= 0.6 is 12.2 Å². The molecule has 0 amide bonds. The molecule has 4 heterocycles. The number of carbonyl (C=O) groups is 3. The average Bonchev–Trinajstić information content (AvgIpc) is 3.39. The fraction of sp³-hybridized carbons (Fsp3) is 0.0755. The number of halogens is 3. The molecule has 0 spiro atoms. The number of anilines is 3. The van der Waals surface area contributed by atoms with Gasteiger partial charge in [0.15, 0.2) is 0 Å². The van der Waals surface area contributed by atoms with Gasteiger partial charge in [-0.15, -0.1) is 11.4 Å². The summed E-state index contributed by atoms with van der Waals surface area (Å²) in [6.07, 6.45) is 3.08. The summed E-state index contributed by atoms with van der Waals surface area (Å²) in [5, 5.41) is 42.6. The van der Waals surface area contributed by atoms with Crippen LogP contribution in [0.4, 0.5) is 30.2 Å². The molecule has 8 rings (SSSR count). The van der Waals surface area contributed by atoms with Crippen molar-refractivity contribution in [2.24, 2.45) is 0 Å². The third-order valence-corrected chi connectivity index (χ3v) is 10.5. The second kappa shape index (κ2) is 25.4. The van der Waals surface area contributed by atoms with E-state index in [0.717, 1.165) is 39.7 Å². The average molecular weight is 1080 g/mol. The molecule has 19 heteroatoms. The second-order valence-electron chi connectivity index (χ2n) is 15.1. The largest absolute Gasteiger partial charge is 3.00 e. The van der Waals surface area contributed by atoms with Crippen LogP contribution in [-0.2, 0) is 24.3 Å². The minimum atomic E-state index is -4.50. The van der Waals surface area contributed by atoms with Gasteiger partial charge in [0, 0.05) is 40.9 Å². The van der Waals surface area contributed by atoms with Crippen molar-refractivity contribution in [2.45, 2.75) is 18.3 Å². The number of alkyl halides is 3. The number of benzene rings is 4. The van der Waals surface area contributed by atoms with Crippen LogP contribution in [0.2, 0.25) is 0 Å². The van der Waals surface area contributed by atoms with Crippen molar-refractivity contribution in [3.63, 3.8) is 0 Å². The Kier molecular flexibility index (Phi) is 19.2. The minimum Gasteiger partial charge on any atom is -0.753 e. The van der Waals surface area contributed by atoms with Gasteiger partial charge in [0.1, 0.15) is 6.04 Å². The summed E-state index contributed by atoms with van der Waals surface area (Å²) in [7, 11) is 1.21. The van der Waals surface area contributed by atoms with Crippen molar-refractivity contribution in [3.8, 4) is 22.3 Å². The molecule has 0 saturated carbocycles. The molecular formula is C53H40F3N8O6RuS. The summed E-state index contributed by atoms with van der Waals surface area (Å²) < 4.78 is 39.6. The van der Waals surface area contributed by atoms with Crippen LogP contribution in [0.1, 0.15) is 43.8 Å². The van der Waals surface area contributed by atoms with Crippen LogP contribution in [0.5, 0.6) is 0 Å². The fourth-order valence-electron chi connectivity index (χ4n) is 7.05. The van der Waals surface area contributed by atoms with E-state index in [0.29, 0.717) is 5.69 Å². The van der Waals surface area contributed by atoms with E-state index in [1.807, 2.05) is 65.6 Å². The Balaban J connectivity index is 0.000000269. The maximum Gasteiger partial charge on any atom is 3.00 e. The predicted octanol–water partition coefficient (Wildman–Crippen LogP) is 12.4. The number of pyridine rings is 3. The third-order valence-electron chi connectivity index (χ3n) is 10.5. The van der Waals surface area contributed by atoms with E-state index in [9.17, 15) is 32.7 Å². The van der Waals surface area contributed by atoms with Crippen molar-refractivity contribution < 1.29 is 62.4 Å². The van der Waals surface area contributed by atoms with Crippen LogP contribution in [0.15, 0.2) is 188 Å². The molecule has 1 aliphatic heterocycles. The summed E-state index contributed by atoms with van der Waals surface area (Å²) in [5.74, 6) is -3.52. The number of aliphatic carboxylic acids is 1. The molecular weight excluding hydrogens is 1030 g/mol. The molecule has 363 valence electrons. The van der Waals surface area contributed by atoms with E-state index >= 15 is 0 Å². The van der Waals surface area contributed by atoms with E-state index in [4.69, 9.17) is 21.4 Å². The van der Waals surface area contributed by atoms with Crippen LogP contribution in [0.3, 0.4) is 0 Å². The zero-order chi connectivity index (χ0) is 51.1. The number of likely N-dealkylation sites (N-methyl/N-ethyl adjacent to an activating group) is 1. The Morgan fingerprint density at radius 2 is 1.22 bits per heavy atom. The number of thiocarbonyl (C=S) groups is 1. The van der Waals surface area contributed by atoms with Crippen molar-refractivity contribution in [1.82, 2.24) is 20.3 Å². The molecule has 4 aromatic carbocycles. The van der Waals surface area contributed by atoms with Crippen molar-refractivity contribution in [3.05, 3.63) is 233 Å². The monoisotopic (exact) mass is 1080 g/mol. The number of aromatic nitrogens is 3. The molecule has 1 radical (unpaired) electrons. The number of aromatic carboxylic acids is 2. The molecule has 2 unspecified atom stereocenters. The summed E-state index contributed by atoms with van der Waals surface area (Å²) in [4.78, 5) is 48.3. The predicted molar refractivity (Wildman–Crippen MR) is 269 cm³/mol. The van der Waals surface area contributed by atoms with Crippen LogP contribution in [0, 0.1) is 0 Å². The van der Waals surface area contributed by atoms with Crippen LogP contribution in [-0.4, -0.2) is 72.6 Å². The quantitative estimate of drug-likeness (QED) is 0.0481. The molecule has 0 saturated heterocycles. The molecule has 1 aliphatic rings. The first-order valence-electron chi connectivity index (χ1n) is 21.1. The van der Waals surface area contributed by atoms with Gasteiger partial charge in [0.2, 0.25) is 0 Å². The van der Waals surface area contributed by atoms with Gasteiger partial charge in [0.05, 0.1) is 28.6 Å². The van der Waals surface area contributed by atoms with E-state index in [1.54, 1.807) is 18.3 Å². The van der Waals surface area contributed by atoms with E-state index in [-0.39, 0.29) is 64.7 Å². The molecule has 0 aliphatic carbocycles. The Morgan fingerprint density at radius 3 is 1.68 bits per heavy atom. The van der Waals surface area contributed by atoms with Gasteiger partial charge in [-0.25, -0.2) is 14.4 Å². The molecule has 72 heavy (non-hydrogen) atoms. The maximum absolute atomic E-state index is 13.2. The zero-order valence-corrected chi connectivity index (χ0v) is 40.2. The van der Waals surface area contributed by atoms with Crippen molar-refractivity contribution >= 4 is 63.7 Å². The topological polar surface area (TPSA) is 226 Å². The number of rotatable bonds is 13. The minimum absolute atomic E-state index is 0. The number of nitrogens with one attached hydrogen (secondary N) is 2. The van der Waals surface area contributed by atoms with Gasteiger partial charge in [0.25, 0.3) is 0 Å². The smallest absolute Gasteiger partial charge is 0.753 e. The molecule has 2 atom stereocenters. The van der Waals surface area contributed by atoms with Gasteiger partial charge < -0.3 is 42.0 Å². The van der Waals surface area contributed by atoms with Crippen molar-refractivity contribution in [2.75, 3.05) is 11.9 Å². The normalized spacial score (nSPS) is 13.3. The van der Waals surface area contributed by atoms with Gasteiger partial charge in [-0.3, -0.25) is 15.0 Å². The molecule has 0 fully saturated rings. The molecule has 3 aromatic heterocycles. The summed E-state index contributed by atoms with van der Waals surface area (Å²) >= 11 is 3.70. The van der Waals surface area contributed by atoms with Crippen LogP contribution in [0.25, 0.3) is 50.1 Å². The first-order chi connectivity index (χ1) is 34.1. The van der Waals surface area contributed by atoms with E-state index in [2.05, 4.69) is 86.3 Å². The second-order valence-corrected chi connectivity index (χ2v) is 15.3. The Labute approximate surface area is 429 Å². The zero-order valence-electron chi connectivity index (χ0n) is 37.6. The Morgan fingerprint density at radius 1 is 0.736 bits per heavy atom. The van der Waals surface area contributed by atoms with Crippen molar-refractivity contribution in [1.29, 1.82) is 0 Å². The number of nitrogens with zero attached hydrogens (tertiary/aromatic N) is 6. The number of carboxylic acids is 3. The summed E-state index contributed by atoms with van der Waals surface area (Å²) in [5.41, 5.74) is 15.4. The number of carboxylic acid groups (broad SMARTS) is 3. The number of hydrogen-bond acceptors (Lipinski definition) is 9. The Bertz CT molecular complexity index is 3040.